The molecular weight excluding hydrogens is 853 g/mol. The zero-order chi connectivity index (χ0) is 44.4. The Morgan fingerprint density at radius 1 is 0.683 bits per heavy atom. The highest BCUT2D eigenvalue weighted by atomic mass is 35.5. The summed E-state index contributed by atoms with van der Waals surface area (Å²) in [7, 11) is 0. The Labute approximate surface area is 360 Å². The molecule has 4 aromatic rings. The van der Waals surface area contributed by atoms with Crippen molar-refractivity contribution >= 4 is 57.6 Å². The maximum atomic E-state index is 13.2. The van der Waals surface area contributed by atoms with Gasteiger partial charge in [-0.05, 0) is 154 Å². The number of nitrogens with one attached hydrogen (secondary N) is 1. The number of nitrogens with two attached hydrogens (primary N) is 1. The Bertz CT molecular complexity index is 2200. The minimum Gasteiger partial charge on any atom is -0.395 e. The van der Waals surface area contributed by atoms with E-state index < -0.39 is 28.7 Å². The Kier molecular flexibility index (Phi) is 14.1. The Balaban J connectivity index is 0.000000172. The number of carbonyl (C=O) groups excluding carboxylic acids is 2. The fourth-order valence-corrected chi connectivity index (χ4v) is 7.16. The van der Waals surface area contributed by atoms with Crippen LogP contribution < -0.4 is 30.0 Å². The minimum absolute atomic E-state index is 0.0310. The van der Waals surface area contributed by atoms with E-state index in [0.29, 0.717) is 58.8 Å². The number of amides is 1. The second kappa shape index (κ2) is 18.2. The zero-order valence-corrected chi connectivity index (χ0v) is 36.4. The lowest BCUT2D eigenvalue weighted by Gasteiger charge is -2.16. The molecule has 2 aliphatic heterocycles. The number of rotatable bonds is 8. The number of alkyl halides is 4. The summed E-state index contributed by atoms with van der Waals surface area (Å²) in [5.41, 5.74) is 8.96. The molecule has 0 radical (unpaired) electrons. The van der Waals surface area contributed by atoms with Crippen molar-refractivity contribution < 1.29 is 46.1 Å². The van der Waals surface area contributed by atoms with Crippen molar-refractivity contribution in [1.82, 2.24) is 14.9 Å². The SMILES string of the molecule is CCN(CC)CC.Cc1cc(N)nc(Cl)c1C.Cc1cc(NC(=O)C2(c3ccc4c(c3)OC(F)(F)O4)CC2)nc(Cl)c1C.O=C(Cl)C1(c2ccc3c(c2)OC(F)(F)O3)CC1. The molecule has 2 aromatic carbocycles. The minimum atomic E-state index is -3.68. The summed E-state index contributed by atoms with van der Waals surface area (Å²) in [5, 5.41) is 3.14. The molecule has 60 heavy (non-hydrogen) atoms. The summed E-state index contributed by atoms with van der Waals surface area (Å²) in [4.78, 5) is 34.5. The van der Waals surface area contributed by atoms with Crippen LogP contribution in [0.4, 0.5) is 29.2 Å². The standard InChI is InChI=1S/C18H15ClF2N2O3.C11H7ClF2O3.C7H9ClN2.C6H15N/c1-9-7-14(22-15(19)10(9)2)23-16(24)17(5-6-17)11-3-4-12-13(8-11)26-18(20,21)25-12;12-9(15)10(3-4-10)6-1-2-7-8(5-6)17-11(13,14)16-7;1-4-3-6(9)10-7(8)5(4)2;1-4-7(5-2)6-3/h3-4,7-8H,5-6H2,1-2H3,(H,22,23,24);1-2,5H,3-4H2;3H,1-2H3,(H2,9,10);4-6H2,1-3H3. The van der Waals surface area contributed by atoms with Gasteiger partial charge in [-0.15, -0.1) is 17.6 Å². The number of fused-ring (bicyclic) bond motifs is 2. The van der Waals surface area contributed by atoms with Gasteiger partial charge in [-0.2, -0.15) is 0 Å². The van der Waals surface area contributed by atoms with Gasteiger partial charge in [-0.3, -0.25) is 9.59 Å². The van der Waals surface area contributed by atoms with Gasteiger partial charge in [0.2, 0.25) is 11.1 Å². The molecule has 0 atom stereocenters. The van der Waals surface area contributed by atoms with Crippen LogP contribution in [0.5, 0.6) is 23.0 Å². The summed E-state index contributed by atoms with van der Waals surface area (Å²) in [5.74, 6) is 0.384. The molecule has 0 saturated heterocycles. The molecule has 2 aromatic heterocycles. The van der Waals surface area contributed by atoms with Gasteiger partial charge in [0.1, 0.15) is 21.9 Å². The van der Waals surface area contributed by atoms with Crippen molar-refractivity contribution in [3.63, 3.8) is 0 Å². The first-order valence-corrected chi connectivity index (χ1v) is 20.3. The lowest BCUT2D eigenvalue weighted by Crippen LogP contribution is -2.28. The molecule has 3 N–H and O–H groups in total. The van der Waals surface area contributed by atoms with Gasteiger partial charge < -0.3 is 34.9 Å². The Morgan fingerprint density at radius 3 is 1.48 bits per heavy atom. The normalized spacial score (nSPS) is 17.2. The van der Waals surface area contributed by atoms with E-state index in [1.54, 1.807) is 24.3 Å². The largest absolute Gasteiger partial charge is 0.586 e. The van der Waals surface area contributed by atoms with Crippen LogP contribution in [0.2, 0.25) is 10.3 Å². The maximum Gasteiger partial charge on any atom is 0.586 e. The van der Waals surface area contributed by atoms with Gasteiger partial charge in [-0.1, -0.05) is 56.1 Å². The van der Waals surface area contributed by atoms with Crippen molar-refractivity contribution in [2.45, 2.75) is 97.6 Å². The second-order valence-corrected chi connectivity index (χ2v) is 15.7. The lowest BCUT2D eigenvalue weighted by molar-refractivity contribution is -0.287. The van der Waals surface area contributed by atoms with E-state index in [4.69, 9.17) is 40.5 Å². The number of anilines is 2. The van der Waals surface area contributed by atoms with Gasteiger partial charge in [0.05, 0.1) is 10.8 Å². The van der Waals surface area contributed by atoms with Gasteiger partial charge >= 0.3 is 12.6 Å². The topological polar surface area (TPSA) is 138 Å². The maximum absolute atomic E-state index is 13.2. The van der Waals surface area contributed by atoms with Crippen LogP contribution in [0.3, 0.4) is 0 Å². The highest BCUT2D eigenvalue weighted by Crippen LogP contribution is 2.54. The highest BCUT2D eigenvalue weighted by molar-refractivity contribution is 6.66. The first-order chi connectivity index (χ1) is 28.1. The first-order valence-electron chi connectivity index (χ1n) is 19.2. The van der Waals surface area contributed by atoms with Crippen LogP contribution in [0.1, 0.15) is 79.8 Å². The number of carbonyl (C=O) groups is 2. The molecule has 0 spiro atoms. The van der Waals surface area contributed by atoms with E-state index in [2.05, 4.69) is 59.9 Å². The van der Waals surface area contributed by atoms with Crippen molar-refractivity contribution in [3.05, 3.63) is 92.2 Å². The Hall–Kier alpha value is -4.57. The van der Waals surface area contributed by atoms with Gasteiger partial charge in [0.15, 0.2) is 23.0 Å². The number of halogens is 7. The van der Waals surface area contributed by atoms with Crippen molar-refractivity contribution in [2.24, 2.45) is 0 Å². The van der Waals surface area contributed by atoms with Crippen LogP contribution in [0.15, 0.2) is 48.5 Å². The van der Waals surface area contributed by atoms with Crippen molar-refractivity contribution in [1.29, 1.82) is 0 Å². The van der Waals surface area contributed by atoms with Gasteiger partial charge in [0.25, 0.3) is 0 Å². The predicted molar refractivity (Wildman–Crippen MR) is 222 cm³/mol. The van der Waals surface area contributed by atoms with E-state index in [-0.39, 0.29) is 28.9 Å². The summed E-state index contributed by atoms with van der Waals surface area (Å²) in [6.07, 6.45) is -4.85. The molecule has 324 valence electrons. The summed E-state index contributed by atoms with van der Waals surface area (Å²) in [6, 6.07) is 12.3. The Morgan fingerprint density at radius 2 is 1.10 bits per heavy atom. The number of hydrogen-bond donors (Lipinski definition) is 2. The predicted octanol–water partition coefficient (Wildman–Crippen LogP) is 10.4. The van der Waals surface area contributed by atoms with Crippen LogP contribution in [-0.2, 0) is 20.4 Å². The fourth-order valence-electron chi connectivity index (χ4n) is 6.38. The summed E-state index contributed by atoms with van der Waals surface area (Å²) in [6.45, 7) is 17.7. The van der Waals surface area contributed by atoms with Gasteiger partial charge in [0, 0.05) is 0 Å². The quantitative estimate of drug-likeness (QED) is 0.0999. The average Bonchev–Trinajstić information content (AvgIpc) is 4.10. The van der Waals surface area contributed by atoms with E-state index in [1.165, 1.54) is 43.9 Å². The molecule has 4 aliphatic rings. The molecule has 0 bridgehead atoms. The van der Waals surface area contributed by atoms with Crippen LogP contribution in [-0.4, -0.2) is 58.2 Å². The number of aromatic nitrogens is 2. The van der Waals surface area contributed by atoms with E-state index in [9.17, 15) is 27.2 Å². The molecule has 2 aliphatic carbocycles. The molecule has 1 amide bonds. The molecule has 18 heteroatoms. The molecule has 2 saturated carbocycles. The number of nitrogens with zero attached hydrogens (tertiary/aromatic N) is 3. The molecule has 4 heterocycles. The van der Waals surface area contributed by atoms with E-state index in [0.717, 1.165) is 22.3 Å². The van der Waals surface area contributed by atoms with E-state index in [1.807, 2.05) is 27.7 Å². The van der Waals surface area contributed by atoms with Gasteiger partial charge in [-0.25, -0.2) is 9.97 Å². The van der Waals surface area contributed by atoms with Crippen molar-refractivity contribution in [3.8, 4) is 23.0 Å². The second-order valence-electron chi connectivity index (χ2n) is 14.7. The fraction of sp³-hybridized carbons (Fsp3) is 0.429. The first kappa shape index (κ1) is 46.5. The summed E-state index contributed by atoms with van der Waals surface area (Å²) >= 11 is 17.3. The third-order valence-corrected chi connectivity index (χ3v) is 11.9. The number of ether oxygens (including phenoxy) is 4. The highest BCUT2D eigenvalue weighted by Gasteiger charge is 2.54. The van der Waals surface area contributed by atoms with Crippen molar-refractivity contribution in [2.75, 3.05) is 30.7 Å². The van der Waals surface area contributed by atoms with E-state index >= 15 is 0 Å². The number of pyridine rings is 2. The molecule has 2 fully saturated rings. The van der Waals surface area contributed by atoms with Crippen LogP contribution >= 0.6 is 34.8 Å². The third-order valence-electron chi connectivity index (χ3n) is 10.8. The van der Waals surface area contributed by atoms with Crippen LogP contribution in [0, 0.1) is 27.7 Å². The molecule has 11 nitrogen and oxygen atoms in total. The molecule has 8 rings (SSSR count). The smallest absolute Gasteiger partial charge is 0.395 e. The monoisotopic (exact) mass is 897 g/mol. The average molecular weight is 899 g/mol. The lowest BCUT2D eigenvalue weighted by atomic mass is 9.94. The number of benzene rings is 2. The number of nitrogen functional groups attached to an aromatic ring is 1. The van der Waals surface area contributed by atoms with Crippen LogP contribution in [0.25, 0.3) is 0 Å². The molecular formula is C42H46Cl3F4N5O6. The number of hydrogen-bond acceptors (Lipinski definition) is 10. The zero-order valence-electron chi connectivity index (χ0n) is 34.1. The summed E-state index contributed by atoms with van der Waals surface area (Å²) < 4.78 is 69.5. The third kappa shape index (κ3) is 10.7. The molecule has 0 unspecified atom stereocenters. The number of aryl methyl sites for hydroxylation is 2.